The zero-order chi connectivity index (χ0) is 12.8. The second-order valence-corrected chi connectivity index (χ2v) is 3.76. The van der Waals surface area contributed by atoms with Gasteiger partial charge in [0.2, 0.25) is 0 Å². The number of benzene rings is 2. The van der Waals surface area contributed by atoms with Gasteiger partial charge in [-0.1, -0.05) is 36.4 Å². The summed E-state index contributed by atoms with van der Waals surface area (Å²) in [6, 6.07) is 17.3. The van der Waals surface area contributed by atoms with E-state index in [1.54, 1.807) is 0 Å². The van der Waals surface area contributed by atoms with Crippen LogP contribution in [-0.2, 0) is 6.54 Å². The van der Waals surface area contributed by atoms with Crippen LogP contribution in [0.5, 0.6) is 11.5 Å². The second kappa shape index (κ2) is 7.63. The molecule has 0 heterocycles. The Morgan fingerprint density at radius 1 is 0.947 bits per heavy atom. The van der Waals surface area contributed by atoms with Crippen molar-refractivity contribution < 1.29 is 4.74 Å². The van der Waals surface area contributed by atoms with Gasteiger partial charge in [-0.05, 0) is 18.2 Å². The second-order valence-electron chi connectivity index (χ2n) is 3.76. The molecule has 2 aromatic carbocycles. The minimum Gasteiger partial charge on any atom is -0.457 e. The van der Waals surface area contributed by atoms with Crippen molar-refractivity contribution in [3.8, 4) is 11.5 Å². The van der Waals surface area contributed by atoms with Gasteiger partial charge in [-0.3, -0.25) is 0 Å². The van der Waals surface area contributed by atoms with Crippen LogP contribution in [0, 0.1) is 0 Å². The first-order valence-corrected chi connectivity index (χ1v) is 5.62. The number of para-hydroxylation sites is 2. The van der Waals surface area contributed by atoms with Crippen LogP contribution in [0.25, 0.3) is 0 Å². The zero-order valence-corrected chi connectivity index (χ0v) is 12.7. The van der Waals surface area contributed by atoms with Gasteiger partial charge in [0.25, 0.3) is 0 Å². The standard InChI is InChI=1S/C14H15N3O.HI/c15-14(16)17-10-11-6-4-5-9-13(11)18-12-7-2-1-3-8-12;/h1-9H,10H2,(H4,15,16,17);1H. The molecule has 0 radical (unpaired) electrons. The number of nitrogens with zero attached hydrogens (tertiary/aromatic N) is 1. The van der Waals surface area contributed by atoms with E-state index in [0.29, 0.717) is 6.54 Å². The summed E-state index contributed by atoms with van der Waals surface area (Å²) in [5, 5.41) is 0. The van der Waals surface area contributed by atoms with Gasteiger partial charge in [-0.2, -0.15) is 0 Å². The van der Waals surface area contributed by atoms with Crippen LogP contribution in [-0.4, -0.2) is 5.96 Å². The number of nitrogens with two attached hydrogens (primary N) is 2. The highest BCUT2D eigenvalue weighted by Gasteiger charge is 2.03. The largest absolute Gasteiger partial charge is 0.457 e. The third kappa shape index (κ3) is 4.78. The van der Waals surface area contributed by atoms with E-state index in [-0.39, 0.29) is 29.9 Å². The molecule has 100 valence electrons. The van der Waals surface area contributed by atoms with Gasteiger partial charge < -0.3 is 16.2 Å². The van der Waals surface area contributed by atoms with E-state index in [1.165, 1.54) is 0 Å². The van der Waals surface area contributed by atoms with Crippen molar-refractivity contribution in [2.75, 3.05) is 0 Å². The molecule has 0 aliphatic heterocycles. The first-order valence-electron chi connectivity index (χ1n) is 5.62. The summed E-state index contributed by atoms with van der Waals surface area (Å²) in [5.41, 5.74) is 11.6. The monoisotopic (exact) mass is 369 g/mol. The lowest BCUT2D eigenvalue weighted by Gasteiger charge is -2.09. The Kier molecular flexibility index (Phi) is 6.14. The molecule has 0 spiro atoms. The topological polar surface area (TPSA) is 73.6 Å². The molecule has 0 unspecified atom stereocenters. The Bertz CT molecular complexity index is 539. The van der Waals surface area contributed by atoms with Crippen LogP contribution in [0.3, 0.4) is 0 Å². The summed E-state index contributed by atoms with van der Waals surface area (Å²) < 4.78 is 5.79. The van der Waals surface area contributed by atoms with E-state index in [0.717, 1.165) is 17.1 Å². The molecule has 5 heteroatoms. The lowest BCUT2D eigenvalue weighted by atomic mass is 10.2. The van der Waals surface area contributed by atoms with Crippen LogP contribution in [0.2, 0.25) is 0 Å². The van der Waals surface area contributed by atoms with Crippen molar-refractivity contribution >= 4 is 29.9 Å². The molecule has 0 amide bonds. The number of guanidine groups is 1. The normalized spacial score (nSPS) is 9.26. The maximum atomic E-state index is 5.79. The maximum absolute atomic E-state index is 5.79. The highest BCUT2D eigenvalue weighted by atomic mass is 127. The molecule has 0 saturated carbocycles. The third-order valence-electron chi connectivity index (χ3n) is 2.38. The Hall–Kier alpha value is -1.76. The van der Waals surface area contributed by atoms with E-state index >= 15 is 0 Å². The van der Waals surface area contributed by atoms with Crippen LogP contribution in [0.15, 0.2) is 59.6 Å². The van der Waals surface area contributed by atoms with Gasteiger partial charge in [-0.25, -0.2) is 4.99 Å². The van der Waals surface area contributed by atoms with Crippen molar-refractivity contribution in [2.24, 2.45) is 16.5 Å². The summed E-state index contributed by atoms with van der Waals surface area (Å²) in [6.07, 6.45) is 0. The summed E-state index contributed by atoms with van der Waals surface area (Å²) >= 11 is 0. The van der Waals surface area contributed by atoms with Crippen molar-refractivity contribution in [2.45, 2.75) is 6.54 Å². The van der Waals surface area contributed by atoms with E-state index in [9.17, 15) is 0 Å². The molecular formula is C14H16IN3O. The molecule has 4 N–H and O–H groups in total. The summed E-state index contributed by atoms with van der Waals surface area (Å²) in [5.74, 6) is 1.62. The maximum Gasteiger partial charge on any atom is 0.186 e. The first-order chi connectivity index (χ1) is 8.75. The van der Waals surface area contributed by atoms with E-state index in [4.69, 9.17) is 16.2 Å². The summed E-state index contributed by atoms with van der Waals surface area (Å²) in [6.45, 7) is 0.408. The molecule has 19 heavy (non-hydrogen) atoms. The molecule has 0 aliphatic carbocycles. The van der Waals surface area contributed by atoms with Crippen LogP contribution in [0.4, 0.5) is 0 Å². The quantitative estimate of drug-likeness (QED) is 0.495. The number of halogens is 1. The fourth-order valence-electron chi connectivity index (χ4n) is 1.53. The van der Waals surface area contributed by atoms with Crippen LogP contribution < -0.4 is 16.2 Å². The zero-order valence-electron chi connectivity index (χ0n) is 10.3. The van der Waals surface area contributed by atoms with Crippen LogP contribution in [0.1, 0.15) is 5.56 Å². The van der Waals surface area contributed by atoms with Crippen molar-refractivity contribution in [3.63, 3.8) is 0 Å². The minimum atomic E-state index is 0. The van der Waals surface area contributed by atoms with Gasteiger partial charge in [-0.15, -0.1) is 24.0 Å². The number of hydrogen-bond donors (Lipinski definition) is 2. The molecule has 0 aromatic heterocycles. The van der Waals surface area contributed by atoms with Crippen molar-refractivity contribution in [3.05, 3.63) is 60.2 Å². The van der Waals surface area contributed by atoms with Gasteiger partial charge in [0.05, 0.1) is 6.54 Å². The number of hydrogen-bond acceptors (Lipinski definition) is 2. The van der Waals surface area contributed by atoms with Gasteiger partial charge in [0, 0.05) is 5.56 Å². The molecular weight excluding hydrogens is 353 g/mol. The average molecular weight is 369 g/mol. The molecule has 0 atom stereocenters. The van der Waals surface area contributed by atoms with E-state index in [2.05, 4.69) is 4.99 Å². The smallest absolute Gasteiger partial charge is 0.186 e. The molecule has 0 fully saturated rings. The van der Waals surface area contributed by atoms with Crippen LogP contribution >= 0.6 is 24.0 Å². The lowest BCUT2D eigenvalue weighted by molar-refractivity contribution is 0.476. The summed E-state index contributed by atoms with van der Waals surface area (Å²) in [7, 11) is 0. The predicted octanol–water partition coefficient (Wildman–Crippen LogP) is 2.87. The average Bonchev–Trinajstić information content (AvgIpc) is 2.39. The van der Waals surface area contributed by atoms with E-state index in [1.807, 2.05) is 54.6 Å². The van der Waals surface area contributed by atoms with Crippen molar-refractivity contribution in [1.29, 1.82) is 0 Å². The number of aliphatic imine (C=N–C) groups is 1. The Morgan fingerprint density at radius 3 is 2.26 bits per heavy atom. The number of rotatable bonds is 4. The molecule has 4 nitrogen and oxygen atoms in total. The molecule has 2 aromatic rings. The Balaban J connectivity index is 0.00000180. The predicted molar refractivity (Wildman–Crippen MR) is 87.9 cm³/mol. The fraction of sp³-hybridized carbons (Fsp3) is 0.0714. The third-order valence-corrected chi connectivity index (χ3v) is 2.38. The molecule has 0 saturated heterocycles. The fourth-order valence-corrected chi connectivity index (χ4v) is 1.53. The van der Waals surface area contributed by atoms with Gasteiger partial charge in [0.15, 0.2) is 5.96 Å². The Morgan fingerprint density at radius 2 is 1.58 bits per heavy atom. The Labute approximate surface area is 129 Å². The number of ether oxygens (including phenoxy) is 1. The SMILES string of the molecule is I.NC(N)=NCc1ccccc1Oc1ccccc1. The highest BCUT2D eigenvalue weighted by molar-refractivity contribution is 14.0. The minimum absolute atomic E-state index is 0. The lowest BCUT2D eigenvalue weighted by Crippen LogP contribution is -2.22. The first kappa shape index (κ1) is 15.3. The summed E-state index contributed by atoms with van der Waals surface area (Å²) in [4.78, 5) is 3.99. The van der Waals surface area contributed by atoms with Gasteiger partial charge >= 0.3 is 0 Å². The van der Waals surface area contributed by atoms with Gasteiger partial charge in [0.1, 0.15) is 11.5 Å². The van der Waals surface area contributed by atoms with Crippen molar-refractivity contribution in [1.82, 2.24) is 0 Å². The van der Waals surface area contributed by atoms with E-state index < -0.39 is 0 Å². The molecule has 0 bridgehead atoms. The highest BCUT2D eigenvalue weighted by Crippen LogP contribution is 2.25. The molecule has 2 rings (SSSR count). The molecule has 0 aliphatic rings.